The summed E-state index contributed by atoms with van der Waals surface area (Å²) in [5, 5.41) is 0. The molecule has 1 atom stereocenters. The highest BCUT2D eigenvalue weighted by molar-refractivity contribution is 5.14. The lowest BCUT2D eigenvalue weighted by Gasteiger charge is -2.27. The predicted octanol–water partition coefficient (Wildman–Crippen LogP) is 3.00. The summed E-state index contributed by atoms with van der Waals surface area (Å²) in [6.45, 7) is 5.69. The van der Waals surface area contributed by atoms with Crippen LogP contribution in [0.4, 0.5) is 0 Å². The van der Waals surface area contributed by atoms with E-state index in [-0.39, 0.29) is 6.10 Å². The van der Waals surface area contributed by atoms with Crippen LogP contribution in [0, 0.1) is 0 Å². The zero-order chi connectivity index (χ0) is 15.9. The smallest absolute Gasteiger partial charge is 0.117 e. The van der Waals surface area contributed by atoms with E-state index >= 15 is 0 Å². The Morgan fingerprint density at radius 2 is 2.04 bits per heavy atom. The highest BCUT2D eigenvalue weighted by atomic mass is 16.5. The molecule has 2 aromatic rings. The molecule has 23 heavy (non-hydrogen) atoms. The average molecular weight is 314 g/mol. The molecule has 3 rings (SSSR count). The summed E-state index contributed by atoms with van der Waals surface area (Å²) in [4.78, 5) is 4.78. The quantitative estimate of drug-likeness (QED) is 0.819. The Kier molecular flexibility index (Phi) is 5.86. The maximum Gasteiger partial charge on any atom is 0.117 e. The zero-order valence-corrected chi connectivity index (χ0v) is 13.9. The van der Waals surface area contributed by atoms with Crippen LogP contribution in [0.5, 0.6) is 0 Å². The second kappa shape index (κ2) is 8.29. The van der Waals surface area contributed by atoms with Crippen LogP contribution in [0.15, 0.2) is 53.1 Å². The van der Waals surface area contributed by atoms with E-state index in [4.69, 9.17) is 9.15 Å². The van der Waals surface area contributed by atoms with Crippen LogP contribution in [-0.2, 0) is 17.8 Å². The topological polar surface area (TPSA) is 28.9 Å². The second-order valence-corrected chi connectivity index (χ2v) is 6.34. The number of hydrogen-bond acceptors (Lipinski definition) is 4. The van der Waals surface area contributed by atoms with Gasteiger partial charge in [-0.15, -0.1) is 0 Å². The Labute approximate surface area is 138 Å². The SMILES string of the molecule is CN(Cc1ccco1)CC1CN(Cc2ccccc2)CCCO1. The molecule has 0 spiro atoms. The van der Waals surface area contributed by atoms with Crippen molar-refractivity contribution in [2.45, 2.75) is 25.6 Å². The average Bonchev–Trinajstić information content (AvgIpc) is 2.95. The fourth-order valence-corrected chi connectivity index (χ4v) is 3.15. The molecule has 0 N–H and O–H groups in total. The van der Waals surface area contributed by atoms with Crippen LogP contribution in [-0.4, -0.2) is 49.2 Å². The molecule has 1 aliphatic heterocycles. The van der Waals surface area contributed by atoms with Crippen molar-refractivity contribution in [2.75, 3.05) is 33.3 Å². The van der Waals surface area contributed by atoms with Gasteiger partial charge in [0.05, 0.1) is 18.9 Å². The van der Waals surface area contributed by atoms with Gasteiger partial charge < -0.3 is 9.15 Å². The molecule has 1 aliphatic rings. The number of ether oxygens (including phenoxy) is 1. The first-order valence-electron chi connectivity index (χ1n) is 8.38. The van der Waals surface area contributed by atoms with Crippen molar-refractivity contribution in [2.24, 2.45) is 0 Å². The molecule has 0 radical (unpaired) electrons. The van der Waals surface area contributed by atoms with Gasteiger partial charge in [0.2, 0.25) is 0 Å². The first-order valence-corrected chi connectivity index (χ1v) is 8.38. The van der Waals surface area contributed by atoms with Gasteiger partial charge in [0.25, 0.3) is 0 Å². The van der Waals surface area contributed by atoms with E-state index in [0.717, 1.165) is 51.5 Å². The molecule has 1 aromatic carbocycles. The third-order valence-electron chi connectivity index (χ3n) is 4.20. The van der Waals surface area contributed by atoms with Gasteiger partial charge in [0.1, 0.15) is 5.76 Å². The summed E-state index contributed by atoms with van der Waals surface area (Å²) in [6.07, 6.45) is 3.08. The lowest BCUT2D eigenvalue weighted by atomic mass is 10.2. The summed E-state index contributed by atoms with van der Waals surface area (Å²) in [5.41, 5.74) is 1.37. The molecule has 4 nitrogen and oxygen atoms in total. The number of benzene rings is 1. The van der Waals surface area contributed by atoms with Crippen LogP contribution in [0.2, 0.25) is 0 Å². The van der Waals surface area contributed by atoms with Crippen molar-refractivity contribution in [3.05, 3.63) is 60.1 Å². The Bertz CT molecular complexity index is 556. The van der Waals surface area contributed by atoms with Crippen LogP contribution >= 0.6 is 0 Å². The first-order chi connectivity index (χ1) is 11.3. The maximum absolute atomic E-state index is 6.05. The Morgan fingerprint density at radius 1 is 1.17 bits per heavy atom. The summed E-state index contributed by atoms with van der Waals surface area (Å²) < 4.78 is 11.5. The molecule has 1 saturated heterocycles. The molecular weight excluding hydrogens is 288 g/mol. The fourth-order valence-electron chi connectivity index (χ4n) is 3.15. The van der Waals surface area contributed by atoms with Crippen LogP contribution in [0.3, 0.4) is 0 Å². The van der Waals surface area contributed by atoms with Crippen molar-refractivity contribution in [1.82, 2.24) is 9.80 Å². The third kappa shape index (κ3) is 5.20. The van der Waals surface area contributed by atoms with E-state index < -0.39 is 0 Å². The van der Waals surface area contributed by atoms with Crippen molar-refractivity contribution < 1.29 is 9.15 Å². The van der Waals surface area contributed by atoms with Gasteiger partial charge in [-0.1, -0.05) is 30.3 Å². The molecule has 4 heteroatoms. The highest BCUT2D eigenvalue weighted by Gasteiger charge is 2.20. The molecular formula is C19H26N2O2. The number of rotatable bonds is 6. The molecule has 0 bridgehead atoms. The molecule has 0 saturated carbocycles. The van der Waals surface area contributed by atoms with E-state index in [9.17, 15) is 0 Å². The summed E-state index contributed by atoms with van der Waals surface area (Å²) in [7, 11) is 2.12. The van der Waals surface area contributed by atoms with E-state index in [0.29, 0.717) is 0 Å². The molecule has 1 unspecified atom stereocenters. The van der Waals surface area contributed by atoms with E-state index in [1.807, 2.05) is 12.1 Å². The maximum atomic E-state index is 6.05. The number of nitrogens with zero attached hydrogens (tertiary/aromatic N) is 2. The van der Waals surface area contributed by atoms with Crippen molar-refractivity contribution in [3.63, 3.8) is 0 Å². The largest absolute Gasteiger partial charge is 0.468 e. The molecule has 1 fully saturated rings. The van der Waals surface area contributed by atoms with Gasteiger partial charge in [0, 0.05) is 32.8 Å². The molecule has 0 aliphatic carbocycles. The summed E-state index contributed by atoms with van der Waals surface area (Å²) in [6, 6.07) is 14.6. The van der Waals surface area contributed by atoms with Gasteiger partial charge in [-0.25, -0.2) is 0 Å². The van der Waals surface area contributed by atoms with Crippen LogP contribution in [0.25, 0.3) is 0 Å². The number of hydrogen-bond donors (Lipinski definition) is 0. The number of furan rings is 1. The third-order valence-corrected chi connectivity index (χ3v) is 4.20. The van der Waals surface area contributed by atoms with Gasteiger partial charge in [0.15, 0.2) is 0 Å². The first kappa shape index (κ1) is 16.2. The Morgan fingerprint density at radius 3 is 2.83 bits per heavy atom. The van der Waals surface area contributed by atoms with Gasteiger partial charge in [-0.2, -0.15) is 0 Å². The lowest BCUT2D eigenvalue weighted by molar-refractivity contribution is 0.0287. The molecule has 2 heterocycles. The molecule has 0 amide bonds. The lowest BCUT2D eigenvalue weighted by Crippen LogP contribution is -2.38. The predicted molar refractivity (Wildman–Crippen MR) is 91.1 cm³/mol. The molecule has 1 aromatic heterocycles. The minimum Gasteiger partial charge on any atom is -0.468 e. The zero-order valence-electron chi connectivity index (χ0n) is 13.9. The van der Waals surface area contributed by atoms with Crippen molar-refractivity contribution in [1.29, 1.82) is 0 Å². The van der Waals surface area contributed by atoms with Crippen molar-refractivity contribution in [3.8, 4) is 0 Å². The van der Waals surface area contributed by atoms with Gasteiger partial charge in [-0.05, 0) is 31.2 Å². The monoisotopic (exact) mass is 314 g/mol. The standard InChI is InChI=1S/C19H26N2O2/c1-20(14-18-9-5-11-22-18)15-19-16-21(10-6-12-23-19)13-17-7-3-2-4-8-17/h2-5,7-9,11,19H,6,10,12-16H2,1H3. The number of likely N-dealkylation sites (N-methyl/N-ethyl adjacent to an activating group) is 1. The minimum atomic E-state index is 0.251. The normalized spacial score (nSPS) is 19.8. The summed E-state index contributed by atoms with van der Waals surface area (Å²) >= 11 is 0. The van der Waals surface area contributed by atoms with Gasteiger partial charge >= 0.3 is 0 Å². The van der Waals surface area contributed by atoms with E-state index in [1.165, 1.54) is 5.56 Å². The Hall–Kier alpha value is -1.62. The Balaban J connectivity index is 1.52. The van der Waals surface area contributed by atoms with Crippen molar-refractivity contribution >= 4 is 0 Å². The van der Waals surface area contributed by atoms with Crippen LogP contribution in [0.1, 0.15) is 17.7 Å². The summed E-state index contributed by atoms with van der Waals surface area (Å²) in [5.74, 6) is 1.00. The van der Waals surface area contributed by atoms with E-state index in [2.05, 4.69) is 47.2 Å². The highest BCUT2D eigenvalue weighted by Crippen LogP contribution is 2.12. The van der Waals surface area contributed by atoms with E-state index in [1.54, 1.807) is 6.26 Å². The van der Waals surface area contributed by atoms with Crippen LogP contribution < -0.4 is 0 Å². The van der Waals surface area contributed by atoms with Gasteiger partial charge in [-0.3, -0.25) is 9.80 Å². The fraction of sp³-hybridized carbons (Fsp3) is 0.474. The molecule has 124 valence electrons. The minimum absolute atomic E-state index is 0.251. The second-order valence-electron chi connectivity index (χ2n) is 6.34.